The van der Waals surface area contributed by atoms with E-state index < -0.39 is 0 Å². The molecule has 0 N–H and O–H groups in total. The zero-order valence-corrected chi connectivity index (χ0v) is 8.74. The van der Waals surface area contributed by atoms with Crippen molar-refractivity contribution in [2.24, 2.45) is 0 Å². The first-order chi connectivity index (χ1) is 6.90. The van der Waals surface area contributed by atoms with Crippen molar-refractivity contribution in [3.8, 4) is 0 Å². The largest absolute Gasteiger partial charge is 0.357 e. The van der Waals surface area contributed by atoms with Crippen molar-refractivity contribution >= 4 is 18.7 Å². The van der Waals surface area contributed by atoms with E-state index in [1.54, 1.807) is 0 Å². The third-order valence-electron chi connectivity index (χ3n) is 2.73. The van der Waals surface area contributed by atoms with Crippen LogP contribution in [0, 0.1) is 0 Å². The summed E-state index contributed by atoms with van der Waals surface area (Å²) in [5, 5.41) is 0. The first-order valence-corrected chi connectivity index (χ1v) is 5.41. The Bertz CT molecular complexity index is 295. The Hall–Kier alpha value is -0.985. The number of nitrogens with zero attached hydrogens (tertiary/aromatic N) is 2. The summed E-state index contributed by atoms with van der Waals surface area (Å²) in [7, 11) is 2.05. The van der Waals surface area contributed by atoms with Crippen LogP contribution in [-0.4, -0.2) is 25.4 Å². The second-order valence-electron chi connectivity index (χ2n) is 3.76. The SMILES string of the molecule is C[B]c1cccc(N2CCCCC2)n1. The number of anilines is 1. The average Bonchev–Trinajstić information content (AvgIpc) is 2.30. The molecule has 0 spiro atoms. The highest BCUT2D eigenvalue weighted by atomic mass is 15.2. The summed E-state index contributed by atoms with van der Waals surface area (Å²) >= 11 is 0. The highest BCUT2D eigenvalue weighted by molar-refractivity contribution is 6.50. The molecule has 1 fully saturated rings. The minimum Gasteiger partial charge on any atom is -0.357 e. The Kier molecular flexibility index (Phi) is 3.07. The van der Waals surface area contributed by atoms with Gasteiger partial charge in [0, 0.05) is 13.1 Å². The highest BCUT2D eigenvalue weighted by Gasteiger charge is 2.11. The normalized spacial score (nSPS) is 16.8. The molecule has 3 heteroatoms. The van der Waals surface area contributed by atoms with Gasteiger partial charge in [-0.3, -0.25) is 0 Å². The van der Waals surface area contributed by atoms with Crippen LogP contribution in [-0.2, 0) is 0 Å². The summed E-state index contributed by atoms with van der Waals surface area (Å²) in [6.45, 7) is 4.36. The smallest absolute Gasteiger partial charge is 0.174 e. The monoisotopic (exact) mass is 187 g/mol. The number of hydrogen-bond donors (Lipinski definition) is 0. The zero-order valence-electron chi connectivity index (χ0n) is 8.74. The third-order valence-corrected chi connectivity index (χ3v) is 2.73. The van der Waals surface area contributed by atoms with Gasteiger partial charge in [0.05, 0.1) is 0 Å². The number of aromatic nitrogens is 1. The van der Waals surface area contributed by atoms with Crippen LogP contribution in [0.3, 0.4) is 0 Å². The fourth-order valence-electron chi connectivity index (χ4n) is 1.90. The molecule has 0 bridgehead atoms. The number of hydrogen-bond acceptors (Lipinski definition) is 2. The van der Waals surface area contributed by atoms with Crippen LogP contribution < -0.4 is 10.5 Å². The predicted octanol–water partition coefficient (Wildman–Crippen LogP) is 1.45. The molecular weight excluding hydrogens is 171 g/mol. The van der Waals surface area contributed by atoms with Gasteiger partial charge in [-0.1, -0.05) is 19.0 Å². The molecule has 1 saturated heterocycles. The van der Waals surface area contributed by atoms with Crippen LogP contribution in [0.1, 0.15) is 19.3 Å². The molecule has 2 rings (SSSR count). The van der Waals surface area contributed by atoms with Crippen molar-refractivity contribution in [2.75, 3.05) is 18.0 Å². The maximum absolute atomic E-state index is 4.59. The molecule has 2 heterocycles. The molecule has 1 aromatic rings. The van der Waals surface area contributed by atoms with Crippen LogP contribution in [0.2, 0.25) is 6.82 Å². The number of rotatable bonds is 2. The van der Waals surface area contributed by atoms with Crippen molar-refractivity contribution in [1.82, 2.24) is 4.98 Å². The van der Waals surface area contributed by atoms with Gasteiger partial charge in [-0.2, -0.15) is 0 Å². The van der Waals surface area contributed by atoms with E-state index in [4.69, 9.17) is 0 Å². The maximum atomic E-state index is 4.59. The Morgan fingerprint density at radius 3 is 2.71 bits per heavy atom. The molecule has 73 valence electrons. The Morgan fingerprint density at radius 2 is 2.00 bits per heavy atom. The molecule has 1 aromatic heterocycles. The molecule has 2 nitrogen and oxygen atoms in total. The van der Waals surface area contributed by atoms with Gasteiger partial charge >= 0.3 is 0 Å². The Labute approximate surface area is 86.6 Å². The van der Waals surface area contributed by atoms with E-state index in [9.17, 15) is 0 Å². The van der Waals surface area contributed by atoms with Gasteiger partial charge in [-0.15, -0.1) is 0 Å². The van der Waals surface area contributed by atoms with Crippen molar-refractivity contribution in [3.63, 3.8) is 0 Å². The van der Waals surface area contributed by atoms with Gasteiger partial charge in [0.1, 0.15) is 5.82 Å². The van der Waals surface area contributed by atoms with Crippen LogP contribution in [0.15, 0.2) is 18.2 Å². The molecule has 0 amide bonds. The van der Waals surface area contributed by atoms with Gasteiger partial charge in [0.25, 0.3) is 0 Å². The fourth-order valence-corrected chi connectivity index (χ4v) is 1.90. The Morgan fingerprint density at radius 1 is 1.21 bits per heavy atom. The van der Waals surface area contributed by atoms with Gasteiger partial charge in [0.15, 0.2) is 7.28 Å². The van der Waals surface area contributed by atoms with Crippen molar-refractivity contribution in [2.45, 2.75) is 26.1 Å². The topological polar surface area (TPSA) is 16.1 Å². The predicted molar refractivity (Wildman–Crippen MR) is 61.6 cm³/mol. The van der Waals surface area contributed by atoms with E-state index in [1.807, 2.05) is 20.2 Å². The summed E-state index contributed by atoms with van der Waals surface area (Å²) < 4.78 is 0. The molecule has 0 atom stereocenters. The molecule has 0 aromatic carbocycles. The maximum Gasteiger partial charge on any atom is 0.174 e. The second-order valence-corrected chi connectivity index (χ2v) is 3.76. The van der Waals surface area contributed by atoms with Gasteiger partial charge in [-0.25, -0.2) is 4.98 Å². The van der Waals surface area contributed by atoms with Gasteiger partial charge < -0.3 is 4.90 Å². The van der Waals surface area contributed by atoms with E-state index in [-0.39, 0.29) is 0 Å². The summed E-state index contributed by atoms with van der Waals surface area (Å²) in [6, 6.07) is 6.25. The summed E-state index contributed by atoms with van der Waals surface area (Å²) in [4.78, 5) is 6.97. The summed E-state index contributed by atoms with van der Waals surface area (Å²) in [5.41, 5.74) is 1.08. The minimum absolute atomic E-state index is 1.08. The van der Waals surface area contributed by atoms with Crippen molar-refractivity contribution < 1.29 is 0 Å². The van der Waals surface area contributed by atoms with E-state index in [0.29, 0.717) is 0 Å². The van der Waals surface area contributed by atoms with Crippen molar-refractivity contribution in [3.05, 3.63) is 18.2 Å². The van der Waals surface area contributed by atoms with Crippen LogP contribution >= 0.6 is 0 Å². The third kappa shape index (κ3) is 2.09. The van der Waals surface area contributed by atoms with Crippen molar-refractivity contribution in [1.29, 1.82) is 0 Å². The molecule has 0 aliphatic carbocycles. The summed E-state index contributed by atoms with van der Waals surface area (Å²) in [6.07, 6.45) is 3.99. The quantitative estimate of drug-likeness (QED) is 0.651. The van der Waals surface area contributed by atoms with E-state index >= 15 is 0 Å². The molecule has 14 heavy (non-hydrogen) atoms. The lowest BCUT2D eigenvalue weighted by atomic mass is 9.78. The number of pyridine rings is 1. The summed E-state index contributed by atoms with van der Waals surface area (Å²) in [5.74, 6) is 1.14. The van der Waals surface area contributed by atoms with Gasteiger partial charge in [0.2, 0.25) is 0 Å². The average molecular weight is 187 g/mol. The van der Waals surface area contributed by atoms with Gasteiger partial charge in [-0.05, 0) is 30.9 Å². The van der Waals surface area contributed by atoms with Crippen LogP contribution in [0.4, 0.5) is 5.82 Å². The van der Waals surface area contributed by atoms with E-state index in [2.05, 4.69) is 22.0 Å². The molecule has 1 aliphatic heterocycles. The lowest BCUT2D eigenvalue weighted by Gasteiger charge is -2.27. The Balaban J connectivity index is 2.13. The standard InChI is InChI=1S/C11H16BN2/c1-12-10-6-5-7-11(13-10)14-8-3-2-4-9-14/h5-7H,2-4,8-9H2,1H3. The number of piperidine rings is 1. The van der Waals surface area contributed by atoms with Crippen LogP contribution in [0.25, 0.3) is 0 Å². The van der Waals surface area contributed by atoms with E-state index in [1.165, 1.54) is 32.4 Å². The highest BCUT2D eigenvalue weighted by Crippen LogP contribution is 2.15. The lowest BCUT2D eigenvalue weighted by Crippen LogP contribution is -2.31. The fraction of sp³-hybridized carbons (Fsp3) is 0.545. The first kappa shape index (κ1) is 9.57. The van der Waals surface area contributed by atoms with Crippen LogP contribution in [0.5, 0.6) is 0 Å². The zero-order chi connectivity index (χ0) is 9.80. The molecule has 0 saturated carbocycles. The van der Waals surface area contributed by atoms with E-state index in [0.717, 1.165) is 11.4 Å². The first-order valence-electron chi connectivity index (χ1n) is 5.41. The minimum atomic E-state index is 1.08. The second kappa shape index (κ2) is 4.49. The molecule has 1 aliphatic rings. The lowest BCUT2D eigenvalue weighted by molar-refractivity contribution is 0.574. The molecule has 0 unspecified atom stereocenters. The molecular formula is C11H16BN2. The molecule has 1 radical (unpaired) electrons.